The Morgan fingerprint density at radius 3 is 2.75 bits per heavy atom. The molecular weight excluding hydrogens is 374 g/mol. The van der Waals surface area contributed by atoms with E-state index < -0.39 is 6.04 Å². The largest absolute Gasteiger partial charge is 0.324 e. The molecule has 0 saturated heterocycles. The molecule has 4 rings (SSSR count). The molecule has 3 aromatic rings. The van der Waals surface area contributed by atoms with Crippen molar-refractivity contribution in [2.75, 3.05) is 5.32 Å². The maximum atomic E-state index is 12.6. The van der Waals surface area contributed by atoms with Crippen LogP contribution in [-0.4, -0.2) is 20.7 Å². The molecule has 0 spiro atoms. The summed E-state index contributed by atoms with van der Waals surface area (Å²) in [4.78, 5) is 12.6. The summed E-state index contributed by atoms with van der Waals surface area (Å²) >= 11 is 6.45. The van der Waals surface area contributed by atoms with Crippen molar-refractivity contribution < 1.29 is 4.79 Å². The molecular formula is C21H22ClN5O. The third-order valence-electron chi connectivity index (χ3n) is 5.03. The van der Waals surface area contributed by atoms with Crippen molar-refractivity contribution in [1.82, 2.24) is 14.8 Å². The molecule has 28 heavy (non-hydrogen) atoms. The average Bonchev–Trinajstić information content (AvgIpc) is 2.97. The van der Waals surface area contributed by atoms with E-state index >= 15 is 0 Å². The molecule has 0 fully saturated rings. The van der Waals surface area contributed by atoms with Gasteiger partial charge in [0.05, 0.1) is 5.02 Å². The van der Waals surface area contributed by atoms with E-state index in [-0.39, 0.29) is 5.91 Å². The van der Waals surface area contributed by atoms with Crippen LogP contribution in [0, 0.1) is 0 Å². The van der Waals surface area contributed by atoms with Gasteiger partial charge in [0.1, 0.15) is 11.9 Å². The number of carbonyl (C=O) groups excluding carboxylic acids is 1. The van der Waals surface area contributed by atoms with Crippen molar-refractivity contribution in [2.24, 2.45) is 5.73 Å². The Labute approximate surface area is 168 Å². The molecule has 1 aromatic heterocycles. The molecule has 0 saturated carbocycles. The molecule has 0 radical (unpaired) electrons. The van der Waals surface area contributed by atoms with E-state index in [0.717, 1.165) is 48.6 Å². The Hall–Kier alpha value is -2.70. The van der Waals surface area contributed by atoms with E-state index in [1.165, 1.54) is 6.42 Å². The van der Waals surface area contributed by atoms with Gasteiger partial charge in [0, 0.05) is 24.2 Å². The number of carbonyl (C=O) groups is 1. The second-order valence-electron chi connectivity index (χ2n) is 6.97. The number of aromatic nitrogens is 3. The molecule has 0 aliphatic carbocycles. The molecule has 2 aromatic carbocycles. The van der Waals surface area contributed by atoms with Crippen LogP contribution in [0.2, 0.25) is 5.02 Å². The molecule has 1 unspecified atom stereocenters. The highest BCUT2D eigenvalue weighted by Crippen LogP contribution is 2.31. The second-order valence-corrected chi connectivity index (χ2v) is 7.38. The summed E-state index contributed by atoms with van der Waals surface area (Å²) in [6, 6.07) is 13.9. The summed E-state index contributed by atoms with van der Waals surface area (Å²) < 4.78 is 2.13. The monoisotopic (exact) mass is 395 g/mol. The lowest BCUT2D eigenvalue weighted by Crippen LogP contribution is -2.27. The molecule has 144 valence electrons. The van der Waals surface area contributed by atoms with Gasteiger partial charge in [0.25, 0.3) is 0 Å². The number of nitrogens with two attached hydrogens (primary N) is 1. The molecule has 1 atom stereocenters. The highest BCUT2D eigenvalue weighted by Gasteiger charge is 2.20. The summed E-state index contributed by atoms with van der Waals surface area (Å²) in [5, 5.41) is 12.2. The molecule has 6 nitrogen and oxygen atoms in total. The minimum atomic E-state index is -0.746. The fourth-order valence-electron chi connectivity index (χ4n) is 3.49. The number of amides is 1. The zero-order valence-corrected chi connectivity index (χ0v) is 16.2. The lowest BCUT2D eigenvalue weighted by Gasteiger charge is -2.14. The first-order valence-electron chi connectivity index (χ1n) is 9.47. The lowest BCUT2D eigenvalue weighted by atomic mass is 10.1. The average molecular weight is 396 g/mol. The highest BCUT2D eigenvalue weighted by atomic mass is 35.5. The van der Waals surface area contributed by atoms with Crippen molar-refractivity contribution in [1.29, 1.82) is 0 Å². The quantitative estimate of drug-likeness (QED) is 0.700. The van der Waals surface area contributed by atoms with E-state index in [9.17, 15) is 4.79 Å². The Morgan fingerprint density at radius 2 is 1.93 bits per heavy atom. The van der Waals surface area contributed by atoms with Gasteiger partial charge in [-0.3, -0.25) is 4.79 Å². The molecule has 2 heterocycles. The van der Waals surface area contributed by atoms with Crippen LogP contribution in [0.4, 0.5) is 5.69 Å². The Morgan fingerprint density at radius 1 is 1.11 bits per heavy atom. The van der Waals surface area contributed by atoms with Crippen LogP contribution in [0.25, 0.3) is 11.4 Å². The highest BCUT2D eigenvalue weighted by molar-refractivity contribution is 6.33. The van der Waals surface area contributed by atoms with Crippen molar-refractivity contribution in [2.45, 2.75) is 38.3 Å². The smallest absolute Gasteiger partial charge is 0.245 e. The number of aryl methyl sites for hydroxylation is 1. The Bertz CT molecular complexity index is 986. The van der Waals surface area contributed by atoms with Gasteiger partial charge in [0.2, 0.25) is 5.91 Å². The van der Waals surface area contributed by atoms with Crippen molar-refractivity contribution in [3.63, 3.8) is 0 Å². The van der Waals surface area contributed by atoms with E-state index in [0.29, 0.717) is 10.7 Å². The van der Waals surface area contributed by atoms with Crippen LogP contribution in [-0.2, 0) is 17.8 Å². The van der Waals surface area contributed by atoms with Crippen LogP contribution < -0.4 is 11.1 Å². The first kappa shape index (κ1) is 18.7. The van der Waals surface area contributed by atoms with Gasteiger partial charge in [0.15, 0.2) is 5.82 Å². The minimum Gasteiger partial charge on any atom is -0.324 e. The van der Waals surface area contributed by atoms with Gasteiger partial charge < -0.3 is 15.6 Å². The van der Waals surface area contributed by atoms with E-state index in [4.69, 9.17) is 17.3 Å². The van der Waals surface area contributed by atoms with Gasteiger partial charge >= 0.3 is 0 Å². The fourth-order valence-corrected chi connectivity index (χ4v) is 3.69. The summed E-state index contributed by atoms with van der Waals surface area (Å²) in [5.74, 6) is 1.45. The number of nitrogens with zero attached hydrogens (tertiary/aromatic N) is 3. The second kappa shape index (κ2) is 8.12. The summed E-state index contributed by atoms with van der Waals surface area (Å²) in [7, 11) is 0. The molecule has 1 aliphatic heterocycles. The number of benzene rings is 2. The van der Waals surface area contributed by atoms with Gasteiger partial charge in [-0.05, 0) is 36.6 Å². The number of hydrogen-bond donors (Lipinski definition) is 2. The van der Waals surface area contributed by atoms with Crippen molar-refractivity contribution >= 4 is 23.2 Å². The minimum absolute atomic E-state index is 0.278. The van der Waals surface area contributed by atoms with Gasteiger partial charge in [-0.25, -0.2) is 0 Å². The Balaban J connectivity index is 1.60. The maximum absolute atomic E-state index is 12.6. The summed E-state index contributed by atoms with van der Waals surface area (Å²) in [5.41, 5.74) is 8.24. The summed E-state index contributed by atoms with van der Waals surface area (Å²) in [6.07, 6.45) is 4.33. The third kappa shape index (κ3) is 3.79. The number of fused-ring (bicyclic) bond motifs is 1. The molecule has 3 N–H and O–H groups in total. The first-order chi connectivity index (χ1) is 13.6. The van der Waals surface area contributed by atoms with Crippen molar-refractivity contribution in [3.05, 3.63) is 64.9 Å². The first-order valence-corrected chi connectivity index (χ1v) is 9.84. The van der Waals surface area contributed by atoms with E-state index in [1.54, 1.807) is 12.1 Å². The Kier molecular flexibility index (Phi) is 5.41. The van der Waals surface area contributed by atoms with Crippen LogP contribution in [0.3, 0.4) is 0 Å². The van der Waals surface area contributed by atoms with Crippen LogP contribution in [0.5, 0.6) is 0 Å². The molecule has 1 aliphatic rings. The predicted molar refractivity (Wildman–Crippen MR) is 110 cm³/mol. The third-order valence-corrected chi connectivity index (χ3v) is 5.36. The number of anilines is 1. The molecule has 0 bridgehead atoms. The standard InChI is InChI=1S/C21H22ClN5O/c22-17-11-10-15(24-21(28)19(23)14-7-3-1-4-8-14)13-16(17)20-26-25-18-9-5-2-6-12-27(18)20/h1,3-4,7-8,10-11,13,19H,2,5-6,9,12,23H2,(H,24,28). The normalized spacial score (nSPS) is 14.8. The predicted octanol–water partition coefficient (Wildman–Crippen LogP) is 3.96. The SMILES string of the molecule is NC(C(=O)Nc1ccc(Cl)c(-c2nnc3n2CCCCC3)c1)c1ccccc1. The number of rotatable bonds is 4. The van der Waals surface area contributed by atoms with E-state index in [2.05, 4.69) is 20.1 Å². The molecule has 7 heteroatoms. The zero-order chi connectivity index (χ0) is 19.5. The fraction of sp³-hybridized carbons (Fsp3) is 0.286. The number of nitrogens with one attached hydrogen (secondary N) is 1. The van der Waals surface area contributed by atoms with Crippen LogP contribution in [0.1, 0.15) is 36.7 Å². The topological polar surface area (TPSA) is 85.8 Å². The summed E-state index contributed by atoms with van der Waals surface area (Å²) in [6.45, 7) is 0.878. The lowest BCUT2D eigenvalue weighted by molar-refractivity contribution is -0.117. The van der Waals surface area contributed by atoms with Gasteiger partial charge in [-0.1, -0.05) is 48.4 Å². The number of hydrogen-bond acceptors (Lipinski definition) is 4. The zero-order valence-electron chi connectivity index (χ0n) is 15.4. The molecule has 1 amide bonds. The van der Waals surface area contributed by atoms with Gasteiger partial charge in [-0.2, -0.15) is 0 Å². The number of halogens is 1. The van der Waals surface area contributed by atoms with Crippen molar-refractivity contribution in [3.8, 4) is 11.4 Å². The van der Waals surface area contributed by atoms with Crippen LogP contribution >= 0.6 is 11.6 Å². The van der Waals surface area contributed by atoms with Gasteiger partial charge in [-0.15, -0.1) is 10.2 Å². The van der Waals surface area contributed by atoms with E-state index in [1.807, 2.05) is 36.4 Å². The maximum Gasteiger partial charge on any atom is 0.245 e. The van der Waals surface area contributed by atoms with Crippen LogP contribution in [0.15, 0.2) is 48.5 Å².